The zero-order valence-electron chi connectivity index (χ0n) is 14.1. The topological polar surface area (TPSA) is 58.6 Å². The summed E-state index contributed by atoms with van der Waals surface area (Å²) in [5.74, 6) is 0.0746. The molecule has 2 atom stereocenters. The van der Waals surface area contributed by atoms with E-state index in [1.165, 1.54) is 0 Å². The summed E-state index contributed by atoms with van der Waals surface area (Å²) in [4.78, 5) is 25.3. The number of carbonyl (C=O) groups is 1. The third-order valence-electron chi connectivity index (χ3n) is 4.97. The fourth-order valence-corrected chi connectivity index (χ4v) is 3.66. The summed E-state index contributed by atoms with van der Waals surface area (Å²) in [5, 5.41) is 0. The maximum Gasteiger partial charge on any atom is 0.255 e. The van der Waals surface area contributed by atoms with E-state index in [0.717, 1.165) is 38.3 Å². The molecule has 6 nitrogen and oxygen atoms in total. The molecule has 0 unspecified atom stereocenters. The summed E-state index contributed by atoms with van der Waals surface area (Å²) in [7, 11) is 0. The van der Waals surface area contributed by atoms with Crippen LogP contribution < -0.4 is 0 Å². The lowest BCUT2D eigenvalue weighted by molar-refractivity contribution is 0.0435. The number of pyridine rings is 2. The molecular weight excluding hydrogens is 316 g/mol. The number of nitrogens with zero attached hydrogens (tertiary/aromatic N) is 4. The van der Waals surface area contributed by atoms with E-state index in [1.807, 2.05) is 29.2 Å². The number of aromatic nitrogens is 2. The summed E-state index contributed by atoms with van der Waals surface area (Å²) in [6, 6.07) is 9.88. The van der Waals surface area contributed by atoms with Crippen molar-refractivity contribution in [1.82, 2.24) is 19.8 Å². The van der Waals surface area contributed by atoms with Gasteiger partial charge in [0.1, 0.15) is 0 Å². The number of ether oxygens (including phenoxy) is 1. The normalized spacial score (nSPS) is 23.4. The van der Waals surface area contributed by atoms with Gasteiger partial charge in [-0.3, -0.25) is 19.7 Å². The lowest BCUT2D eigenvalue weighted by atomic mass is 10.1. The van der Waals surface area contributed by atoms with Gasteiger partial charge in [0.05, 0.1) is 24.0 Å². The molecule has 0 spiro atoms. The Hall–Kier alpha value is -2.31. The van der Waals surface area contributed by atoms with Gasteiger partial charge in [-0.25, -0.2) is 0 Å². The first-order valence-electron chi connectivity index (χ1n) is 8.74. The first-order valence-corrected chi connectivity index (χ1v) is 8.74. The SMILES string of the molecule is O=C(c1cccnc1)N1CCN2C[C@H](OCc3ccccn3)C[C@H]2C1. The number of rotatable bonds is 4. The number of piperazine rings is 1. The Kier molecular flexibility index (Phi) is 4.72. The van der Waals surface area contributed by atoms with Gasteiger partial charge in [0.15, 0.2) is 0 Å². The zero-order chi connectivity index (χ0) is 17.1. The van der Waals surface area contributed by atoms with Crippen molar-refractivity contribution in [3.8, 4) is 0 Å². The third kappa shape index (κ3) is 3.70. The van der Waals surface area contributed by atoms with Gasteiger partial charge in [-0.2, -0.15) is 0 Å². The summed E-state index contributed by atoms with van der Waals surface area (Å²) >= 11 is 0. The van der Waals surface area contributed by atoms with E-state index in [2.05, 4.69) is 14.9 Å². The van der Waals surface area contributed by atoms with Gasteiger partial charge in [0.2, 0.25) is 0 Å². The fraction of sp³-hybridized carbons (Fsp3) is 0.421. The van der Waals surface area contributed by atoms with E-state index in [-0.39, 0.29) is 12.0 Å². The molecule has 2 aliphatic rings. The van der Waals surface area contributed by atoms with Crippen molar-refractivity contribution < 1.29 is 9.53 Å². The lowest BCUT2D eigenvalue weighted by Gasteiger charge is -2.37. The molecule has 0 bridgehead atoms. The molecule has 6 heteroatoms. The van der Waals surface area contributed by atoms with E-state index >= 15 is 0 Å². The highest BCUT2D eigenvalue weighted by Gasteiger charge is 2.38. The Bertz CT molecular complexity index is 710. The average molecular weight is 338 g/mol. The maximum absolute atomic E-state index is 12.6. The Morgan fingerprint density at radius 1 is 1.16 bits per heavy atom. The molecule has 2 aromatic rings. The first kappa shape index (κ1) is 16.2. The van der Waals surface area contributed by atoms with Gasteiger partial charge in [0.25, 0.3) is 5.91 Å². The average Bonchev–Trinajstić information content (AvgIpc) is 3.09. The third-order valence-corrected chi connectivity index (χ3v) is 4.97. The van der Waals surface area contributed by atoms with E-state index in [0.29, 0.717) is 18.2 Å². The van der Waals surface area contributed by atoms with Crippen LogP contribution in [-0.2, 0) is 11.3 Å². The molecule has 0 aromatic carbocycles. The highest BCUT2D eigenvalue weighted by molar-refractivity contribution is 5.94. The standard InChI is InChI=1S/C19H22N4O2/c24-19(15-4-3-6-20-11-15)23-9-8-22-13-18(10-17(22)12-23)25-14-16-5-1-2-7-21-16/h1-7,11,17-18H,8-10,12-14H2/t17-,18+/m0/s1. The molecule has 0 N–H and O–H groups in total. The van der Waals surface area contributed by atoms with Crippen LogP contribution in [0.5, 0.6) is 0 Å². The second-order valence-electron chi connectivity index (χ2n) is 6.63. The van der Waals surface area contributed by atoms with E-state index in [4.69, 9.17) is 4.74 Å². The van der Waals surface area contributed by atoms with Gasteiger partial charge in [0, 0.05) is 50.8 Å². The number of fused-ring (bicyclic) bond motifs is 1. The van der Waals surface area contributed by atoms with Gasteiger partial charge in [-0.1, -0.05) is 6.07 Å². The Labute approximate surface area is 147 Å². The van der Waals surface area contributed by atoms with Crippen molar-refractivity contribution >= 4 is 5.91 Å². The number of hydrogen-bond donors (Lipinski definition) is 0. The minimum absolute atomic E-state index is 0.0746. The molecule has 2 aromatic heterocycles. The number of carbonyl (C=O) groups excluding carboxylic acids is 1. The minimum Gasteiger partial charge on any atom is -0.371 e. The molecule has 0 aliphatic carbocycles. The van der Waals surface area contributed by atoms with Crippen molar-refractivity contribution in [2.75, 3.05) is 26.2 Å². The first-order chi connectivity index (χ1) is 12.3. The second-order valence-corrected chi connectivity index (χ2v) is 6.63. The molecule has 2 fully saturated rings. The molecule has 2 saturated heterocycles. The lowest BCUT2D eigenvalue weighted by Crippen LogP contribution is -2.52. The quantitative estimate of drug-likeness (QED) is 0.847. The molecule has 0 saturated carbocycles. The summed E-state index contributed by atoms with van der Waals surface area (Å²) in [5.41, 5.74) is 1.62. The number of amides is 1. The predicted octanol–water partition coefficient (Wildman–Crippen LogP) is 1.59. The van der Waals surface area contributed by atoms with Gasteiger partial charge < -0.3 is 9.64 Å². The maximum atomic E-state index is 12.6. The molecule has 130 valence electrons. The van der Waals surface area contributed by atoms with Crippen molar-refractivity contribution in [3.05, 3.63) is 60.2 Å². The summed E-state index contributed by atoms with van der Waals surface area (Å²) in [6.45, 7) is 3.91. The summed E-state index contributed by atoms with van der Waals surface area (Å²) < 4.78 is 6.04. The molecule has 1 amide bonds. The highest BCUT2D eigenvalue weighted by Crippen LogP contribution is 2.25. The van der Waals surface area contributed by atoms with Crippen molar-refractivity contribution in [2.24, 2.45) is 0 Å². The van der Waals surface area contributed by atoms with Crippen molar-refractivity contribution in [3.63, 3.8) is 0 Å². The van der Waals surface area contributed by atoms with Gasteiger partial charge in [-0.05, 0) is 30.7 Å². The van der Waals surface area contributed by atoms with Crippen LogP contribution in [0.2, 0.25) is 0 Å². The van der Waals surface area contributed by atoms with Crippen LogP contribution in [0.4, 0.5) is 0 Å². The fourth-order valence-electron chi connectivity index (χ4n) is 3.66. The van der Waals surface area contributed by atoms with E-state index in [1.54, 1.807) is 24.7 Å². The predicted molar refractivity (Wildman–Crippen MR) is 92.9 cm³/mol. The molecule has 25 heavy (non-hydrogen) atoms. The zero-order valence-corrected chi connectivity index (χ0v) is 14.1. The Morgan fingerprint density at radius 3 is 2.92 bits per heavy atom. The van der Waals surface area contributed by atoms with Crippen LogP contribution >= 0.6 is 0 Å². The van der Waals surface area contributed by atoms with E-state index < -0.39 is 0 Å². The second kappa shape index (κ2) is 7.29. The summed E-state index contributed by atoms with van der Waals surface area (Å²) in [6.07, 6.45) is 6.29. The Morgan fingerprint density at radius 2 is 2.12 bits per heavy atom. The minimum atomic E-state index is 0.0746. The molecule has 2 aliphatic heterocycles. The molecular formula is C19H22N4O2. The van der Waals surface area contributed by atoms with Crippen LogP contribution in [0, 0.1) is 0 Å². The smallest absolute Gasteiger partial charge is 0.255 e. The monoisotopic (exact) mass is 338 g/mol. The van der Waals surface area contributed by atoms with Crippen molar-refractivity contribution in [1.29, 1.82) is 0 Å². The van der Waals surface area contributed by atoms with Gasteiger partial charge in [-0.15, -0.1) is 0 Å². The van der Waals surface area contributed by atoms with Crippen LogP contribution in [0.25, 0.3) is 0 Å². The van der Waals surface area contributed by atoms with Gasteiger partial charge >= 0.3 is 0 Å². The largest absolute Gasteiger partial charge is 0.371 e. The van der Waals surface area contributed by atoms with Crippen LogP contribution in [0.15, 0.2) is 48.9 Å². The van der Waals surface area contributed by atoms with Crippen LogP contribution in [-0.4, -0.2) is 64.0 Å². The molecule has 0 radical (unpaired) electrons. The van der Waals surface area contributed by atoms with Crippen LogP contribution in [0.1, 0.15) is 22.5 Å². The molecule has 4 heterocycles. The highest BCUT2D eigenvalue weighted by atomic mass is 16.5. The van der Waals surface area contributed by atoms with Crippen LogP contribution in [0.3, 0.4) is 0 Å². The van der Waals surface area contributed by atoms with Crippen molar-refractivity contribution in [2.45, 2.75) is 25.2 Å². The Balaban J connectivity index is 1.32. The van der Waals surface area contributed by atoms with E-state index in [9.17, 15) is 4.79 Å². The molecule has 4 rings (SSSR count). The number of hydrogen-bond acceptors (Lipinski definition) is 5.